The largest absolute Gasteiger partial charge is 0.449 e. The normalized spacial score (nSPS) is 22.4. The third-order valence-corrected chi connectivity index (χ3v) is 2.35. The first kappa shape index (κ1) is 10.3. The van der Waals surface area contributed by atoms with Crippen LogP contribution in [0.5, 0.6) is 0 Å². The molecule has 1 N–H and O–H groups in total. The van der Waals surface area contributed by atoms with E-state index in [-0.39, 0.29) is 6.09 Å². The topological polar surface area (TPSA) is 49.8 Å². The molecule has 1 heterocycles. The van der Waals surface area contributed by atoms with Crippen molar-refractivity contribution in [2.45, 2.75) is 32.3 Å². The highest BCUT2D eigenvalue weighted by molar-refractivity contribution is 5.68. The number of hydrogen-bond donors (Lipinski definition) is 1. The highest BCUT2D eigenvalue weighted by Crippen LogP contribution is 2.14. The van der Waals surface area contributed by atoms with Crippen molar-refractivity contribution < 1.29 is 14.6 Å². The summed E-state index contributed by atoms with van der Waals surface area (Å²) in [7, 11) is 0. The molecular weight excluding hydrogens is 170 g/mol. The molecule has 4 heteroatoms. The van der Waals surface area contributed by atoms with Crippen LogP contribution in [0.25, 0.3) is 0 Å². The number of cyclic esters (lactones) is 1. The van der Waals surface area contributed by atoms with E-state index in [1.54, 1.807) is 11.8 Å². The summed E-state index contributed by atoms with van der Waals surface area (Å²) >= 11 is 0. The highest BCUT2D eigenvalue weighted by atomic mass is 16.6. The molecule has 0 bridgehead atoms. The molecule has 1 rings (SSSR count). The molecule has 4 nitrogen and oxygen atoms in total. The molecule has 13 heavy (non-hydrogen) atoms. The van der Waals surface area contributed by atoms with Gasteiger partial charge in [-0.25, -0.2) is 4.79 Å². The molecule has 1 fully saturated rings. The van der Waals surface area contributed by atoms with Crippen LogP contribution < -0.4 is 0 Å². The second-order valence-corrected chi connectivity index (χ2v) is 3.74. The predicted octanol–water partition coefficient (Wildman–Crippen LogP) is 0.990. The zero-order chi connectivity index (χ0) is 9.90. The monoisotopic (exact) mass is 187 g/mol. The number of β-amino-alcohol motifs (C(OH)–C–C–N with tert-alkyl or cyclic N) is 1. The Kier molecular flexibility index (Phi) is 3.14. The van der Waals surface area contributed by atoms with Gasteiger partial charge in [0.25, 0.3) is 0 Å². The van der Waals surface area contributed by atoms with E-state index in [9.17, 15) is 9.90 Å². The van der Waals surface area contributed by atoms with Crippen LogP contribution in [-0.4, -0.2) is 41.4 Å². The summed E-state index contributed by atoms with van der Waals surface area (Å²) in [6.07, 6.45) is 1.18. The molecule has 0 aromatic rings. The third-order valence-electron chi connectivity index (χ3n) is 2.35. The van der Waals surface area contributed by atoms with E-state index < -0.39 is 5.60 Å². The van der Waals surface area contributed by atoms with Gasteiger partial charge in [0, 0.05) is 6.54 Å². The van der Waals surface area contributed by atoms with Gasteiger partial charge in [0.05, 0.1) is 18.8 Å². The number of aliphatic hydroxyl groups is 1. The number of carbonyl (C=O) groups excluding carboxylic acids is 1. The van der Waals surface area contributed by atoms with Crippen LogP contribution in [0.3, 0.4) is 0 Å². The van der Waals surface area contributed by atoms with Crippen molar-refractivity contribution in [3.8, 4) is 0 Å². The highest BCUT2D eigenvalue weighted by Gasteiger charge is 2.27. The Hall–Kier alpha value is -0.770. The lowest BCUT2D eigenvalue weighted by atomic mass is 10.0. The summed E-state index contributed by atoms with van der Waals surface area (Å²) in [5.74, 6) is 0. The number of hydrogen-bond acceptors (Lipinski definition) is 3. The summed E-state index contributed by atoms with van der Waals surface area (Å²) in [6.45, 7) is 5.19. The summed E-state index contributed by atoms with van der Waals surface area (Å²) in [6, 6.07) is 0. The minimum absolute atomic E-state index is 0.306. The smallest absolute Gasteiger partial charge is 0.409 e. The summed E-state index contributed by atoms with van der Waals surface area (Å²) in [5, 5.41) is 9.74. The van der Waals surface area contributed by atoms with Gasteiger partial charge in [0.1, 0.15) is 0 Å². The summed E-state index contributed by atoms with van der Waals surface area (Å²) in [5.41, 5.74) is -0.795. The summed E-state index contributed by atoms with van der Waals surface area (Å²) in [4.78, 5) is 12.7. The van der Waals surface area contributed by atoms with Crippen molar-refractivity contribution in [1.82, 2.24) is 4.90 Å². The Balaban J connectivity index is 2.47. The van der Waals surface area contributed by atoms with Gasteiger partial charge in [0.15, 0.2) is 0 Å². The second kappa shape index (κ2) is 3.96. The fourth-order valence-corrected chi connectivity index (χ4v) is 1.26. The fraction of sp³-hybridized carbons (Fsp3) is 0.889. The van der Waals surface area contributed by atoms with Crippen molar-refractivity contribution in [2.75, 3.05) is 19.7 Å². The van der Waals surface area contributed by atoms with Crippen LogP contribution in [0, 0.1) is 0 Å². The Morgan fingerprint density at radius 1 is 1.69 bits per heavy atom. The minimum Gasteiger partial charge on any atom is -0.449 e. The fourth-order valence-electron chi connectivity index (χ4n) is 1.26. The molecule has 1 amide bonds. The van der Waals surface area contributed by atoms with Gasteiger partial charge in [-0.15, -0.1) is 0 Å². The van der Waals surface area contributed by atoms with E-state index in [2.05, 4.69) is 0 Å². The van der Waals surface area contributed by atoms with Gasteiger partial charge in [-0.05, 0) is 19.8 Å². The van der Waals surface area contributed by atoms with E-state index in [0.717, 1.165) is 6.42 Å². The maximum absolute atomic E-state index is 11.2. The number of ether oxygens (including phenoxy) is 1. The van der Waals surface area contributed by atoms with Crippen LogP contribution in [0.1, 0.15) is 26.7 Å². The Bertz CT molecular complexity index is 191. The lowest BCUT2D eigenvalue weighted by Gasteiger charge is -2.32. The van der Waals surface area contributed by atoms with Crippen LogP contribution in [0.4, 0.5) is 4.79 Å². The van der Waals surface area contributed by atoms with Gasteiger partial charge in [-0.1, -0.05) is 6.92 Å². The number of rotatable bonds is 3. The van der Waals surface area contributed by atoms with E-state index in [0.29, 0.717) is 26.1 Å². The molecule has 0 aromatic heterocycles. The SMILES string of the molecule is CCC(C)(O)CN1CCCOC1=O. The van der Waals surface area contributed by atoms with Crippen molar-refractivity contribution in [3.05, 3.63) is 0 Å². The zero-order valence-electron chi connectivity index (χ0n) is 8.25. The number of nitrogens with zero attached hydrogens (tertiary/aromatic N) is 1. The quantitative estimate of drug-likeness (QED) is 0.716. The number of carbonyl (C=O) groups is 1. The standard InChI is InChI=1S/C9H17NO3/c1-3-9(2,12)7-10-5-4-6-13-8(10)11/h12H,3-7H2,1-2H3. The van der Waals surface area contributed by atoms with Gasteiger partial charge in [-0.2, -0.15) is 0 Å². The van der Waals surface area contributed by atoms with Gasteiger partial charge < -0.3 is 14.7 Å². The average molecular weight is 187 g/mol. The molecule has 1 unspecified atom stereocenters. The van der Waals surface area contributed by atoms with Crippen LogP contribution in [0.2, 0.25) is 0 Å². The Morgan fingerprint density at radius 3 is 2.92 bits per heavy atom. The first-order valence-electron chi connectivity index (χ1n) is 4.69. The maximum Gasteiger partial charge on any atom is 0.409 e. The van der Waals surface area contributed by atoms with Gasteiger partial charge >= 0.3 is 6.09 Å². The van der Waals surface area contributed by atoms with Crippen molar-refractivity contribution in [1.29, 1.82) is 0 Å². The molecule has 76 valence electrons. The lowest BCUT2D eigenvalue weighted by Crippen LogP contribution is -2.46. The van der Waals surface area contributed by atoms with Crippen molar-refractivity contribution >= 4 is 6.09 Å². The van der Waals surface area contributed by atoms with Gasteiger partial charge in [-0.3, -0.25) is 0 Å². The molecule has 1 saturated heterocycles. The number of amides is 1. The third kappa shape index (κ3) is 2.88. The van der Waals surface area contributed by atoms with Crippen molar-refractivity contribution in [3.63, 3.8) is 0 Å². The average Bonchev–Trinajstić information content (AvgIpc) is 2.09. The van der Waals surface area contributed by atoms with Gasteiger partial charge in [0.2, 0.25) is 0 Å². The lowest BCUT2D eigenvalue weighted by molar-refractivity contribution is -0.000708. The molecule has 0 radical (unpaired) electrons. The molecule has 1 atom stereocenters. The Labute approximate surface area is 78.5 Å². The summed E-state index contributed by atoms with van der Waals surface area (Å²) < 4.78 is 4.86. The molecule has 1 aliphatic heterocycles. The van der Waals surface area contributed by atoms with Crippen LogP contribution >= 0.6 is 0 Å². The van der Waals surface area contributed by atoms with E-state index in [1.165, 1.54) is 0 Å². The maximum atomic E-state index is 11.2. The van der Waals surface area contributed by atoms with E-state index >= 15 is 0 Å². The first-order chi connectivity index (χ1) is 6.05. The van der Waals surface area contributed by atoms with Crippen molar-refractivity contribution in [2.24, 2.45) is 0 Å². The molecule has 0 aliphatic carbocycles. The molecule has 0 spiro atoms. The first-order valence-corrected chi connectivity index (χ1v) is 4.69. The van der Waals surface area contributed by atoms with E-state index in [4.69, 9.17) is 4.74 Å². The molecule has 0 aromatic carbocycles. The minimum atomic E-state index is -0.795. The molecule has 1 aliphatic rings. The van der Waals surface area contributed by atoms with Crippen LogP contribution in [0.15, 0.2) is 0 Å². The zero-order valence-corrected chi connectivity index (χ0v) is 8.25. The molecule has 0 saturated carbocycles. The second-order valence-electron chi connectivity index (χ2n) is 3.74. The predicted molar refractivity (Wildman–Crippen MR) is 48.5 cm³/mol. The van der Waals surface area contributed by atoms with Crippen LogP contribution in [-0.2, 0) is 4.74 Å². The molecular formula is C9H17NO3. The van der Waals surface area contributed by atoms with E-state index in [1.807, 2.05) is 6.92 Å². The Morgan fingerprint density at radius 2 is 2.38 bits per heavy atom.